The van der Waals surface area contributed by atoms with Crippen LogP contribution in [0.1, 0.15) is 17.0 Å². The number of nitrogens with one attached hydrogen (secondary N) is 1. The molecule has 0 atom stereocenters. The van der Waals surface area contributed by atoms with Crippen molar-refractivity contribution in [1.82, 2.24) is 15.1 Å². The predicted octanol–water partition coefficient (Wildman–Crippen LogP) is 2.42. The van der Waals surface area contributed by atoms with Crippen molar-refractivity contribution in [2.24, 2.45) is 7.05 Å². The van der Waals surface area contributed by atoms with E-state index in [9.17, 15) is 0 Å². The van der Waals surface area contributed by atoms with Gasteiger partial charge in [-0.3, -0.25) is 4.68 Å². The first-order valence-corrected chi connectivity index (χ1v) is 5.87. The number of aryl methyl sites for hydroxylation is 2. The third-order valence-corrected chi connectivity index (χ3v) is 3.06. The van der Waals surface area contributed by atoms with Crippen LogP contribution in [0.5, 0.6) is 0 Å². The molecule has 90 valence electrons. The van der Waals surface area contributed by atoms with Gasteiger partial charge in [-0.25, -0.2) is 0 Å². The smallest absolute Gasteiger partial charge is 0.0843 e. The average Bonchev–Trinajstić information content (AvgIpc) is 2.55. The molecule has 0 radical (unpaired) electrons. The molecule has 0 aliphatic rings. The monoisotopic (exact) mass is 229 g/mol. The van der Waals surface area contributed by atoms with Crippen molar-refractivity contribution < 1.29 is 0 Å². The van der Waals surface area contributed by atoms with Crippen molar-refractivity contribution in [3.63, 3.8) is 0 Å². The Morgan fingerprint density at radius 2 is 2.06 bits per heavy atom. The van der Waals surface area contributed by atoms with Gasteiger partial charge in [-0.1, -0.05) is 29.8 Å². The Kier molecular flexibility index (Phi) is 3.29. The molecule has 0 saturated carbocycles. The maximum absolute atomic E-state index is 4.56. The zero-order valence-electron chi connectivity index (χ0n) is 10.9. The molecule has 0 saturated heterocycles. The van der Waals surface area contributed by atoms with Crippen LogP contribution in [-0.4, -0.2) is 16.8 Å². The quantitative estimate of drug-likeness (QED) is 0.876. The number of hydrogen-bond acceptors (Lipinski definition) is 2. The summed E-state index contributed by atoms with van der Waals surface area (Å²) in [7, 11) is 3.94. The van der Waals surface area contributed by atoms with Crippen LogP contribution < -0.4 is 5.32 Å². The molecule has 1 aromatic heterocycles. The van der Waals surface area contributed by atoms with Gasteiger partial charge in [0.25, 0.3) is 0 Å². The number of hydrogen-bond donors (Lipinski definition) is 1. The minimum Gasteiger partial charge on any atom is -0.314 e. The Morgan fingerprint density at radius 3 is 2.71 bits per heavy atom. The van der Waals surface area contributed by atoms with Gasteiger partial charge in [0.15, 0.2) is 0 Å². The van der Waals surface area contributed by atoms with Gasteiger partial charge in [-0.2, -0.15) is 5.10 Å². The van der Waals surface area contributed by atoms with Crippen LogP contribution >= 0.6 is 0 Å². The Labute approximate surface area is 102 Å². The second kappa shape index (κ2) is 4.72. The zero-order valence-corrected chi connectivity index (χ0v) is 10.9. The Morgan fingerprint density at radius 1 is 1.29 bits per heavy atom. The van der Waals surface area contributed by atoms with E-state index in [4.69, 9.17) is 0 Å². The lowest BCUT2D eigenvalue weighted by Gasteiger charge is -2.05. The van der Waals surface area contributed by atoms with Crippen molar-refractivity contribution in [1.29, 1.82) is 0 Å². The lowest BCUT2D eigenvalue weighted by Crippen LogP contribution is -2.07. The van der Waals surface area contributed by atoms with Crippen molar-refractivity contribution >= 4 is 0 Å². The van der Waals surface area contributed by atoms with E-state index in [0.29, 0.717) is 0 Å². The molecule has 0 amide bonds. The molecule has 3 nitrogen and oxygen atoms in total. The van der Waals surface area contributed by atoms with E-state index >= 15 is 0 Å². The van der Waals surface area contributed by atoms with E-state index in [1.54, 1.807) is 0 Å². The van der Waals surface area contributed by atoms with Crippen molar-refractivity contribution in [2.45, 2.75) is 20.4 Å². The number of aromatic nitrogens is 2. The summed E-state index contributed by atoms with van der Waals surface area (Å²) in [4.78, 5) is 0. The summed E-state index contributed by atoms with van der Waals surface area (Å²) in [6.07, 6.45) is 0. The van der Waals surface area contributed by atoms with Gasteiger partial charge in [0.1, 0.15) is 0 Å². The molecule has 1 aromatic carbocycles. The van der Waals surface area contributed by atoms with E-state index in [2.05, 4.69) is 48.5 Å². The third-order valence-electron chi connectivity index (χ3n) is 3.06. The van der Waals surface area contributed by atoms with Gasteiger partial charge in [0, 0.05) is 24.8 Å². The van der Waals surface area contributed by atoms with Crippen LogP contribution in [0, 0.1) is 13.8 Å². The standard InChI is InChI=1S/C14H19N3/c1-10-6-5-7-12(8-10)14-11(2)17(4)16-13(14)9-15-3/h5-8,15H,9H2,1-4H3. The van der Waals surface area contributed by atoms with E-state index in [-0.39, 0.29) is 0 Å². The average molecular weight is 229 g/mol. The number of benzene rings is 1. The van der Waals surface area contributed by atoms with E-state index in [1.165, 1.54) is 22.4 Å². The minimum absolute atomic E-state index is 0.797. The molecule has 1 N–H and O–H groups in total. The molecule has 0 spiro atoms. The van der Waals surface area contributed by atoms with Crippen LogP contribution in [0.25, 0.3) is 11.1 Å². The predicted molar refractivity (Wildman–Crippen MR) is 70.9 cm³/mol. The molecule has 0 bridgehead atoms. The van der Waals surface area contributed by atoms with Gasteiger partial charge >= 0.3 is 0 Å². The highest BCUT2D eigenvalue weighted by Gasteiger charge is 2.13. The largest absolute Gasteiger partial charge is 0.314 e. The first-order chi connectivity index (χ1) is 8.13. The molecule has 2 aromatic rings. The zero-order chi connectivity index (χ0) is 12.4. The highest BCUT2D eigenvalue weighted by molar-refractivity contribution is 5.69. The van der Waals surface area contributed by atoms with Gasteiger partial charge in [0.2, 0.25) is 0 Å². The summed E-state index contributed by atoms with van der Waals surface area (Å²) < 4.78 is 1.95. The second-order valence-electron chi connectivity index (χ2n) is 4.43. The summed E-state index contributed by atoms with van der Waals surface area (Å²) in [6.45, 7) is 5.03. The van der Waals surface area contributed by atoms with Crippen molar-refractivity contribution in [3.05, 3.63) is 41.2 Å². The van der Waals surface area contributed by atoms with Crippen LogP contribution in [-0.2, 0) is 13.6 Å². The minimum atomic E-state index is 0.797. The summed E-state index contributed by atoms with van der Waals surface area (Å²) in [5.41, 5.74) is 6.10. The fraction of sp³-hybridized carbons (Fsp3) is 0.357. The first-order valence-electron chi connectivity index (χ1n) is 5.87. The van der Waals surface area contributed by atoms with Gasteiger partial charge in [-0.05, 0) is 26.5 Å². The second-order valence-corrected chi connectivity index (χ2v) is 4.43. The molecule has 3 heteroatoms. The van der Waals surface area contributed by atoms with Gasteiger partial charge in [-0.15, -0.1) is 0 Å². The van der Waals surface area contributed by atoms with Crippen LogP contribution in [0.15, 0.2) is 24.3 Å². The molecule has 1 heterocycles. The van der Waals surface area contributed by atoms with Crippen molar-refractivity contribution in [3.8, 4) is 11.1 Å². The summed E-state index contributed by atoms with van der Waals surface area (Å²) in [5, 5.41) is 7.73. The lowest BCUT2D eigenvalue weighted by molar-refractivity contribution is 0.698. The molecule has 17 heavy (non-hydrogen) atoms. The summed E-state index contributed by atoms with van der Waals surface area (Å²) >= 11 is 0. The van der Waals surface area contributed by atoms with Crippen LogP contribution in [0.3, 0.4) is 0 Å². The first kappa shape index (κ1) is 11.9. The van der Waals surface area contributed by atoms with Crippen molar-refractivity contribution in [2.75, 3.05) is 7.05 Å². The fourth-order valence-electron chi connectivity index (χ4n) is 2.14. The van der Waals surface area contributed by atoms with Crippen LogP contribution in [0.4, 0.5) is 0 Å². The maximum Gasteiger partial charge on any atom is 0.0843 e. The van der Waals surface area contributed by atoms with Crippen LogP contribution in [0.2, 0.25) is 0 Å². The summed E-state index contributed by atoms with van der Waals surface area (Å²) in [6, 6.07) is 8.58. The maximum atomic E-state index is 4.56. The number of rotatable bonds is 3. The molecular weight excluding hydrogens is 210 g/mol. The molecule has 0 unspecified atom stereocenters. The van der Waals surface area contributed by atoms with E-state index in [0.717, 1.165) is 12.2 Å². The fourth-order valence-corrected chi connectivity index (χ4v) is 2.14. The molecular formula is C14H19N3. The Bertz CT molecular complexity index is 526. The third kappa shape index (κ3) is 2.24. The molecule has 0 fully saturated rings. The highest BCUT2D eigenvalue weighted by Crippen LogP contribution is 2.27. The number of nitrogens with zero attached hydrogens (tertiary/aromatic N) is 2. The SMILES string of the molecule is CNCc1nn(C)c(C)c1-c1cccc(C)c1. The van der Waals surface area contributed by atoms with Gasteiger partial charge in [0.05, 0.1) is 5.69 Å². The topological polar surface area (TPSA) is 29.9 Å². The normalized spacial score (nSPS) is 10.8. The Balaban J connectivity index is 2.57. The summed E-state index contributed by atoms with van der Waals surface area (Å²) in [5.74, 6) is 0. The molecule has 2 rings (SSSR count). The Hall–Kier alpha value is -1.61. The molecule has 0 aliphatic carbocycles. The van der Waals surface area contributed by atoms with E-state index < -0.39 is 0 Å². The lowest BCUT2D eigenvalue weighted by atomic mass is 10.0. The highest BCUT2D eigenvalue weighted by atomic mass is 15.3. The van der Waals surface area contributed by atoms with E-state index in [1.807, 2.05) is 18.8 Å². The molecule has 0 aliphatic heterocycles. The van der Waals surface area contributed by atoms with Gasteiger partial charge < -0.3 is 5.32 Å².